The monoisotopic (exact) mass is 216 g/mol. The minimum Gasteiger partial charge on any atom is -0.300 e. The third kappa shape index (κ3) is 2.82. The fourth-order valence-electron chi connectivity index (χ4n) is 1.10. The predicted octanol–water partition coefficient (Wildman–Crippen LogP) is 0.684. The Labute approximate surface area is 91.7 Å². The van der Waals surface area contributed by atoms with Gasteiger partial charge in [0.2, 0.25) is 11.6 Å². The lowest BCUT2D eigenvalue weighted by molar-refractivity contribution is -0.123. The van der Waals surface area contributed by atoms with Gasteiger partial charge in [0.15, 0.2) is 0 Å². The van der Waals surface area contributed by atoms with E-state index in [1.165, 1.54) is 25.3 Å². The second-order valence-corrected chi connectivity index (χ2v) is 3.17. The molecule has 0 N–H and O–H groups in total. The molecule has 0 aliphatic carbocycles. The highest BCUT2D eigenvalue weighted by Gasteiger charge is 2.18. The van der Waals surface area contributed by atoms with Crippen molar-refractivity contribution in [3.05, 3.63) is 29.6 Å². The smallest absolute Gasteiger partial charge is 0.229 e. The predicted molar refractivity (Wildman–Crippen MR) is 53.6 cm³/mol. The van der Waals surface area contributed by atoms with Crippen molar-refractivity contribution in [3.8, 4) is 6.07 Å². The molecule has 1 rings (SSSR count). The molecule has 0 atom stereocenters. The Bertz CT molecular complexity index is 500. The molecule has 16 heavy (non-hydrogen) atoms. The van der Waals surface area contributed by atoms with Crippen LogP contribution in [0.1, 0.15) is 29.4 Å². The van der Waals surface area contributed by atoms with Gasteiger partial charge in [0, 0.05) is 11.8 Å². The Balaban J connectivity index is 2.93. The molecular weight excluding hydrogens is 208 g/mol. The second-order valence-electron chi connectivity index (χ2n) is 3.17. The molecule has 0 radical (unpaired) electrons. The largest absolute Gasteiger partial charge is 0.300 e. The first-order valence-electron chi connectivity index (χ1n) is 4.47. The molecule has 80 valence electrons. The average Bonchev–Trinajstić information content (AvgIpc) is 2.27. The zero-order valence-corrected chi connectivity index (χ0v) is 8.56. The molecule has 0 aliphatic rings. The highest BCUT2D eigenvalue weighted by atomic mass is 16.2. The van der Waals surface area contributed by atoms with Crippen LogP contribution < -0.4 is 0 Å². The van der Waals surface area contributed by atoms with Gasteiger partial charge in [-0.1, -0.05) is 0 Å². The first-order chi connectivity index (χ1) is 7.54. The van der Waals surface area contributed by atoms with Gasteiger partial charge >= 0.3 is 0 Å². The van der Waals surface area contributed by atoms with Crippen LogP contribution in [0.4, 0.5) is 0 Å². The lowest BCUT2D eigenvalue weighted by Crippen LogP contribution is -2.17. The minimum atomic E-state index is -0.775. The van der Waals surface area contributed by atoms with Gasteiger partial charge < -0.3 is 0 Å². The van der Waals surface area contributed by atoms with E-state index in [2.05, 4.69) is 4.98 Å². The number of rotatable bonds is 4. The van der Waals surface area contributed by atoms with E-state index in [1.807, 2.05) is 0 Å². The van der Waals surface area contributed by atoms with Crippen LogP contribution in [0.25, 0.3) is 0 Å². The molecule has 0 fully saturated rings. The molecule has 1 heterocycles. The topological polar surface area (TPSA) is 87.9 Å². The quantitative estimate of drug-likeness (QED) is 0.419. The van der Waals surface area contributed by atoms with Gasteiger partial charge in [-0.2, -0.15) is 5.26 Å². The molecule has 0 amide bonds. The minimum absolute atomic E-state index is 0.0569. The van der Waals surface area contributed by atoms with Gasteiger partial charge in [0.1, 0.15) is 17.5 Å². The summed E-state index contributed by atoms with van der Waals surface area (Å²) in [5.74, 6) is -1.91. The maximum absolute atomic E-state index is 11.5. The number of nitriles is 1. The average molecular weight is 216 g/mol. The molecule has 0 bridgehead atoms. The van der Waals surface area contributed by atoms with Crippen LogP contribution in [-0.4, -0.2) is 22.3 Å². The fraction of sp³-hybridized carbons (Fsp3) is 0.182. The lowest BCUT2D eigenvalue weighted by Gasteiger charge is -1.98. The SMILES string of the molecule is CC(=O)CC(=O)C(=O)c1ccnc(C#N)c1. The molecule has 0 spiro atoms. The zero-order valence-electron chi connectivity index (χ0n) is 8.56. The summed E-state index contributed by atoms with van der Waals surface area (Å²) >= 11 is 0. The number of carbonyl (C=O) groups excluding carboxylic acids is 3. The van der Waals surface area contributed by atoms with Crippen LogP contribution in [0.2, 0.25) is 0 Å². The Kier molecular flexibility index (Phi) is 3.62. The maximum Gasteiger partial charge on any atom is 0.229 e. The van der Waals surface area contributed by atoms with Crippen molar-refractivity contribution >= 4 is 17.3 Å². The maximum atomic E-state index is 11.5. The van der Waals surface area contributed by atoms with E-state index in [0.717, 1.165) is 0 Å². The second kappa shape index (κ2) is 4.94. The third-order valence-corrected chi connectivity index (χ3v) is 1.80. The van der Waals surface area contributed by atoms with E-state index in [9.17, 15) is 14.4 Å². The van der Waals surface area contributed by atoms with Crippen LogP contribution >= 0.6 is 0 Å². The number of ketones is 3. The number of aromatic nitrogens is 1. The number of Topliss-reactive ketones (excluding diaryl/α,β-unsaturated/α-hetero) is 3. The Hall–Kier alpha value is -2.35. The van der Waals surface area contributed by atoms with Crippen molar-refractivity contribution in [3.63, 3.8) is 0 Å². The molecule has 5 nitrogen and oxygen atoms in total. The molecule has 0 saturated heterocycles. The van der Waals surface area contributed by atoms with E-state index in [-0.39, 0.29) is 17.0 Å². The third-order valence-electron chi connectivity index (χ3n) is 1.80. The van der Waals surface area contributed by atoms with E-state index in [0.29, 0.717) is 0 Å². The molecule has 0 saturated carbocycles. The standard InChI is InChI=1S/C11H8N2O3/c1-7(14)4-10(15)11(16)8-2-3-13-9(5-8)6-12/h2-3,5H,4H2,1H3. The summed E-state index contributed by atoms with van der Waals surface area (Å²) in [6.45, 7) is 1.23. The van der Waals surface area contributed by atoms with Gasteiger partial charge in [-0.05, 0) is 19.1 Å². The molecule has 0 unspecified atom stereocenters. The number of carbonyl (C=O) groups is 3. The fourth-order valence-corrected chi connectivity index (χ4v) is 1.10. The number of hydrogen-bond acceptors (Lipinski definition) is 5. The number of pyridine rings is 1. The zero-order chi connectivity index (χ0) is 12.1. The van der Waals surface area contributed by atoms with Gasteiger partial charge in [-0.3, -0.25) is 14.4 Å². The van der Waals surface area contributed by atoms with Gasteiger partial charge in [0.25, 0.3) is 0 Å². The first-order valence-corrected chi connectivity index (χ1v) is 4.47. The van der Waals surface area contributed by atoms with E-state index in [1.54, 1.807) is 6.07 Å². The van der Waals surface area contributed by atoms with Crippen LogP contribution in [-0.2, 0) is 9.59 Å². The van der Waals surface area contributed by atoms with Crippen molar-refractivity contribution < 1.29 is 14.4 Å². The van der Waals surface area contributed by atoms with E-state index >= 15 is 0 Å². The summed E-state index contributed by atoms with van der Waals surface area (Å²) in [7, 11) is 0. The van der Waals surface area contributed by atoms with E-state index in [4.69, 9.17) is 5.26 Å². The molecule has 1 aromatic rings. The molecule has 1 aromatic heterocycles. The molecule has 5 heteroatoms. The molecule has 0 aromatic carbocycles. The summed E-state index contributed by atoms with van der Waals surface area (Å²) in [5, 5.41) is 8.57. The van der Waals surface area contributed by atoms with Crippen LogP contribution in [0.3, 0.4) is 0 Å². The lowest BCUT2D eigenvalue weighted by atomic mass is 10.0. The Morgan fingerprint density at radius 2 is 2.12 bits per heavy atom. The van der Waals surface area contributed by atoms with Crippen molar-refractivity contribution in [1.29, 1.82) is 5.26 Å². The van der Waals surface area contributed by atoms with Crippen LogP contribution in [0.15, 0.2) is 18.3 Å². The Morgan fingerprint density at radius 3 is 2.69 bits per heavy atom. The van der Waals surface area contributed by atoms with Gasteiger partial charge in [0.05, 0.1) is 6.42 Å². The number of hydrogen-bond donors (Lipinski definition) is 0. The summed E-state index contributed by atoms with van der Waals surface area (Å²) in [5.41, 5.74) is 0.138. The van der Waals surface area contributed by atoms with Gasteiger partial charge in [-0.15, -0.1) is 0 Å². The first kappa shape index (κ1) is 11.7. The van der Waals surface area contributed by atoms with Crippen molar-refractivity contribution in [2.24, 2.45) is 0 Å². The Morgan fingerprint density at radius 1 is 1.44 bits per heavy atom. The van der Waals surface area contributed by atoms with Crippen molar-refractivity contribution in [2.45, 2.75) is 13.3 Å². The highest BCUT2D eigenvalue weighted by Crippen LogP contribution is 2.04. The van der Waals surface area contributed by atoms with Crippen molar-refractivity contribution in [1.82, 2.24) is 4.98 Å². The van der Waals surface area contributed by atoms with Crippen molar-refractivity contribution in [2.75, 3.05) is 0 Å². The summed E-state index contributed by atoms with van der Waals surface area (Å²) in [6.07, 6.45) is 0.857. The summed E-state index contributed by atoms with van der Waals surface area (Å²) in [4.78, 5) is 37.1. The van der Waals surface area contributed by atoms with Crippen LogP contribution in [0.5, 0.6) is 0 Å². The summed E-state index contributed by atoms with van der Waals surface area (Å²) in [6, 6.07) is 4.32. The number of nitrogens with zero attached hydrogens (tertiary/aromatic N) is 2. The highest BCUT2D eigenvalue weighted by molar-refractivity contribution is 6.46. The molecular formula is C11H8N2O3. The normalized spacial score (nSPS) is 9.25. The van der Waals surface area contributed by atoms with Crippen LogP contribution in [0, 0.1) is 11.3 Å². The summed E-state index contributed by atoms with van der Waals surface area (Å²) < 4.78 is 0. The van der Waals surface area contributed by atoms with Gasteiger partial charge in [-0.25, -0.2) is 4.98 Å². The van der Waals surface area contributed by atoms with E-state index < -0.39 is 18.0 Å². The molecule has 0 aliphatic heterocycles.